The molecule has 9 heteroatoms. The number of alkyl halides is 1. The van der Waals surface area contributed by atoms with Crippen molar-refractivity contribution in [1.29, 1.82) is 0 Å². The summed E-state index contributed by atoms with van der Waals surface area (Å²) in [5.74, 6) is 1.26. The van der Waals surface area contributed by atoms with E-state index >= 15 is 0 Å². The van der Waals surface area contributed by atoms with Crippen LogP contribution in [0.4, 0.5) is 0 Å². The normalized spacial score (nSPS) is 12.3. The van der Waals surface area contributed by atoms with E-state index in [9.17, 15) is 0 Å². The van der Waals surface area contributed by atoms with Crippen LogP contribution >= 0.6 is 47.8 Å². The van der Waals surface area contributed by atoms with Crippen molar-refractivity contribution in [2.45, 2.75) is 10.9 Å². The van der Waals surface area contributed by atoms with E-state index in [0.29, 0.717) is 11.8 Å². The number of hydrogen-bond donors (Lipinski definition) is 0. The van der Waals surface area contributed by atoms with Crippen molar-refractivity contribution in [2.75, 3.05) is 14.2 Å². The van der Waals surface area contributed by atoms with Crippen molar-refractivity contribution in [2.24, 2.45) is 0 Å². The molecule has 0 aliphatic carbocycles. The highest BCUT2D eigenvalue weighted by molar-refractivity contribution is 9.10. The van der Waals surface area contributed by atoms with Crippen molar-refractivity contribution in [1.82, 2.24) is 19.7 Å². The van der Waals surface area contributed by atoms with Crippen LogP contribution in [-0.4, -0.2) is 34.0 Å². The Morgan fingerprint density at radius 1 is 0.609 bits per heavy atom. The molecule has 0 N–H and O–H groups in total. The summed E-state index contributed by atoms with van der Waals surface area (Å²) in [6, 6.07) is 38.6. The molecule has 0 amide bonds. The van der Waals surface area contributed by atoms with Crippen molar-refractivity contribution in [3.63, 3.8) is 0 Å². The van der Waals surface area contributed by atoms with Crippen molar-refractivity contribution >= 4 is 69.6 Å². The highest BCUT2D eigenvalue weighted by Gasteiger charge is 2.22. The summed E-state index contributed by atoms with van der Waals surface area (Å²) < 4.78 is 15.1. The smallest absolute Gasteiger partial charge is 0.219 e. The summed E-state index contributed by atoms with van der Waals surface area (Å²) >= 11 is 10.8. The lowest BCUT2D eigenvalue weighted by atomic mass is 9.98. The van der Waals surface area contributed by atoms with Gasteiger partial charge in [0.25, 0.3) is 0 Å². The number of rotatable bonds is 7. The van der Waals surface area contributed by atoms with Gasteiger partial charge in [-0.05, 0) is 65.7 Å². The molecule has 0 bridgehead atoms. The van der Waals surface area contributed by atoms with Crippen LogP contribution in [0.15, 0.2) is 137 Å². The molecular weight excluding hydrogens is 772 g/mol. The molecule has 3 aromatic heterocycles. The largest absolute Gasteiger partial charge is 0.481 e. The number of halogens is 3. The third-order valence-electron chi connectivity index (χ3n) is 7.49. The van der Waals surface area contributed by atoms with Crippen LogP contribution in [0.3, 0.4) is 0 Å². The SMILES string of the molecule is COc1nc2ccc(Br)cc2cc1C(Br)c1ccccc1.COc1nc2ccc(Br)cc2cc1C(c1ccccc1)n1cccn1. The highest BCUT2D eigenvalue weighted by atomic mass is 79.9. The molecule has 7 aromatic rings. The summed E-state index contributed by atoms with van der Waals surface area (Å²) in [6.45, 7) is 0. The van der Waals surface area contributed by atoms with Crippen LogP contribution in [0.25, 0.3) is 21.8 Å². The Labute approximate surface area is 292 Å². The molecule has 0 fully saturated rings. The van der Waals surface area contributed by atoms with Gasteiger partial charge < -0.3 is 9.47 Å². The minimum absolute atomic E-state index is 0.0459. The number of pyridine rings is 2. The molecule has 4 aromatic carbocycles. The number of ether oxygens (including phenoxy) is 2. The van der Waals surface area contributed by atoms with Gasteiger partial charge in [-0.3, -0.25) is 4.68 Å². The number of fused-ring (bicyclic) bond motifs is 2. The van der Waals surface area contributed by atoms with Gasteiger partial charge in [-0.2, -0.15) is 5.10 Å². The maximum atomic E-state index is 5.62. The Morgan fingerprint density at radius 2 is 1.13 bits per heavy atom. The molecule has 2 atom stereocenters. The summed E-state index contributed by atoms with van der Waals surface area (Å²) in [5.41, 5.74) is 6.12. The third-order valence-corrected chi connectivity index (χ3v) is 9.50. The van der Waals surface area contributed by atoms with E-state index in [0.717, 1.165) is 47.4 Å². The predicted octanol–water partition coefficient (Wildman–Crippen LogP) is 10.3. The summed E-state index contributed by atoms with van der Waals surface area (Å²) in [5, 5.41) is 6.60. The van der Waals surface area contributed by atoms with E-state index < -0.39 is 0 Å². The molecule has 6 nitrogen and oxygen atoms in total. The Bertz CT molecular complexity index is 2070. The average Bonchev–Trinajstić information content (AvgIpc) is 3.63. The Balaban J connectivity index is 0.000000164. The molecule has 0 radical (unpaired) electrons. The van der Waals surface area contributed by atoms with Crippen molar-refractivity contribution in [3.05, 3.63) is 159 Å². The fourth-order valence-electron chi connectivity index (χ4n) is 5.34. The maximum absolute atomic E-state index is 5.62. The average molecular weight is 801 g/mol. The van der Waals surface area contributed by atoms with E-state index in [1.54, 1.807) is 20.4 Å². The molecule has 230 valence electrons. The standard InChI is InChI=1S/C20H16BrN3O.C17H13Br2NO/c1-25-20-17(13-15-12-16(21)8-9-18(15)23-20)19(24-11-5-10-22-24)14-6-3-2-4-7-14;1-21-17-14(16(19)11-5-3-2-4-6-11)10-12-9-13(18)7-8-15(12)20-17/h2-13,19H,1H3;2-10,16H,1H3. The molecule has 0 spiro atoms. The zero-order valence-electron chi connectivity index (χ0n) is 25.0. The fraction of sp³-hybridized carbons (Fsp3) is 0.108. The first-order valence-corrected chi connectivity index (χ1v) is 17.0. The fourth-order valence-corrected chi connectivity index (χ4v) is 6.73. The second kappa shape index (κ2) is 14.6. The van der Waals surface area contributed by atoms with Gasteiger partial charge in [0.15, 0.2) is 0 Å². The molecular formula is C37H29Br3N4O2. The van der Waals surface area contributed by atoms with E-state index in [2.05, 4.69) is 106 Å². The minimum Gasteiger partial charge on any atom is -0.481 e. The highest BCUT2D eigenvalue weighted by Crippen LogP contribution is 2.38. The zero-order chi connectivity index (χ0) is 32.0. The van der Waals surface area contributed by atoms with E-state index in [-0.39, 0.29) is 10.9 Å². The molecule has 3 heterocycles. The number of aromatic nitrogens is 4. The van der Waals surface area contributed by atoms with Crippen LogP contribution in [0.5, 0.6) is 11.8 Å². The maximum Gasteiger partial charge on any atom is 0.219 e. The predicted molar refractivity (Wildman–Crippen MR) is 195 cm³/mol. The first-order valence-electron chi connectivity index (χ1n) is 14.5. The van der Waals surface area contributed by atoms with Crippen molar-refractivity contribution in [3.8, 4) is 11.8 Å². The first kappa shape index (κ1) is 31.9. The van der Waals surface area contributed by atoms with Gasteiger partial charge in [0.1, 0.15) is 6.04 Å². The lowest BCUT2D eigenvalue weighted by Crippen LogP contribution is -2.14. The second-order valence-electron chi connectivity index (χ2n) is 10.4. The van der Waals surface area contributed by atoms with Gasteiger partial charge >= 0.3 is 0 Å². The van der Waals surface area contributed by atoms with Crippen LogP contribution in [-0.2, 0) is 0 Å². The Hall–Kier alpha value is -4.05. The van der Waals surface area contributed by atoms with E-state index in [1.807, 2.05) is 77.6 Å². The molecule has 0 aliphatic heterocycles. The molecule has 2 unspecified atom stereocenters. The van der Waals surface area contributed by atoms with Crippen LogP contribution in [0, 0.1) is 0 Å². The zero-order valence-corrected chi connectivity index (χ0v) is 29.8. The molecule has 0 saturated heterocycles. The quantitative estimate of drug-likeness (QED) is 0.150. The van der Waals surface area contributed by atoms with Gasteiger partial charge in [0.2, 0.25) is 11.8 Å². The number of nitrogens with zero attached hydrogens (tertiary/aromatic N) is 4. The van der Waals surface area contributed by atoms with Gasteiger partial charge in [-0.15, -0.1) is 0 Å². The Kier molecular flexibility index (Phi) is 10.1. The van der Waals surface area contributed by atoms with Gasteiger partial charge in [-0.1, -0.05) is 108 Å². The lowest BCUT2D eigenvalue weighted by molar-refractivity contribution is 0.388. The lowest BCUT2D eigenvalue weighted by Gasteiger charge is -2.21. The van der Waals surface area contributed by atoms with Crippen LogP contribution in [0.2, 0.25) is 0 Å². The molecule has 0 saturated carbocycles. The van der Waals surface area contributed by atoms with Crippen LogP contribution in [0.1, 0.15) is 33.1 Å². The third kappa shape index (κ3) is 7.02. The summed E-state index contributed by atoms with van der Waals surface area (Å²) in [4.78, 5) is 9.36. The number of methoxy groups -OCH3 is 2. The second-order valence-corrected chi connectivity index (χ2v) is 13.2. The van der Waals surface area contributed by atoms with Crippen LogP contribution < -0.4 is 9.47 Å². The monoisotopic (exact) mass is 798 g/mol. The van der Waals surface area contributed by atoms with Gasteiger partial charge in [-0.25, -0.2) is 9.97 Å². The molecule has 46 heavy (non-hydrogen) atoms. The first-order chi connectivity index (χ1) is 22.4. The van der Waals surface area contributed by atoms with Crippen molar-refractivity contribution < 1.29 is 9.47 Å². The number of hydrogen-bond acceptors (Lipinski definition) is 5. The van der Waals surface area contributed by atoms with E-state index in [4.69, 9.17) is 14.5 Å². The summed E-state index contributed by atoms with van der Waals surface area (Å²) in [6.07, 6.45) is 3.75. The topological polar surface area (TPSA) is 62.1 Å². The Morgan fingerprint density at radius 3 is 1.65 bits per heavy atom. The van der Waals surface area contributed by atoms with Gasteiger partial charge in [0.05, 0.1) is 30.1 Å². The molecule has 0 aliphatic rings. The minimum atomic E-state index is -0.109. The molecule has 7 rings (SSSR count). The van der Waals surface area contributed by atoms with Gasteiger partial charge in [0, 0.05) is 43.2 Å². The number of benzene rings is 4. The van der Waals surface area contributed by atoms with E-state index in [1.165, 1.54) is 5.56 Å². The summed E-state index contributed by atoms with van der Waals surface area (Å²) in [7, 11) is 3.31.